The summed E-state index contributed by atoms with van der Waals surface area (Å²) in [7, 11) is 3.09. The van der Waals surface area contributed by atoms with Crippen LogP contribution in [0.1, 0.15) is 41.3 Å². The smallest absolute Gasteiger partial charge is 0.258 e. The molecule has 1 aliphatic rings. The first-order chi connectivity index (χ1) is 12.7. The van der Waals surface area contributed by atoms with Crippen molar-refractivity contribution in [3.63, 3.8) is 0 Å². The van der Waals surface area contributed by atoms with E-state index in [1.165, 1.54) is 7.11 Å². The Bertz CT molecular complexity index is 747. The van der Waals surface area contributed by atoms with Gasteiger partial charge >= 0.3 is 0 Å². The maximum atomic E-state index is 13.1. The van der Waals surface area contributed by atoms with E-state index >= 15 is 0 Å². The fourth-order valence-corrected chi connectivity index (χ4v) is 3.63. The van der Waals surface area contributed by atoms with E-state index in [9.17, 15) is 9.90 Å². The molecule has 0 spiro atoms. The number of likely N-dealkylation sites (tertiary alicyclic amines) is 1. The molecule has 2 atom stereocenters. The molecule has 2 unspecified atom stereocenters. The van der Waals surface area contributed by atoms with Crippen molar-refractivity contribution < 1.29 is 19.4 Å². The third-order valence-corrected chi connectivity index (χ3v) is 4.95. The van der Waals surface area contributed by atoms with Crippen LogP contribution in [0.5, 0.6) is 11.5 Å². The maximum absolute atomic E-state index is 13.1. The average Bonchev–Trinajstić information content (AvgIpc) is 3.15. The van der Waals surface area contributed by atoms with Gasteiger partial charge in [-0.2, -0.15) is 0 Å². The van der Waals surface area contributed by atoms with Crippen LogP contribution in [0.15, 0.2) is 48.5 Å². The minimum absolute atomic E-state index is 0.00798. The van der Waals surface area contributed by atoms with E-state index in [1.807, 2.05) is 35.2 Å². The van der Waals surface area contributed by atoms with Gasteiger partial charge in [-0.25, -0.2) is 0 Å². The summed E-state index contributed by atoms with van der Waals surface area (Å²) >= 11 is 0. The zero-order chi connectivity index (χ0) is 18.5. The number of methoxy groups -OCH3 is 2. The van der Waals surface area contributed by atoms with Crippen molar-refractivity contribution in [2.45, 2.75) is 31.4 Å². The standard InChI is InChI=1S/C21H25NO4/c1-25-19-12-6-11-17(20(19)26-2)21(24)22-13-7-10-16(22)14-18(23)15-8-4-3-5-9-15/h3-6,8-9,11-12,16,18,23H,7,10,13-14H2,1-2H3. The molecule has 5 heteroatoms. The quantitative estimate of drug-likeness (QED) is 0.862. The van der Waals surface area contributed by atoms with Crippen LogP contribution in [0, 0.1) is 0 Å². The molecule has 2 aromatic rings. The van der Waals surface area contributed by atoms with Crippen molar-refractivity contribution in [2.24, 2.45) is 0 Å². The minimum Gasteiger partial charge on any atom is -0.493 e. The minimum atomic E-state index is -0.582. The second kappa shape index (κ2) is 8.23. The Labute approximate surface area is 154 Å². The molecule has 138 valence electrons. The number of hydrogen-bond acceptors (Lipinski definition) is 4. The monoisotopic (exact) mass is 355 g/mol. The molecule has 1 aliphatic heterocycles. The Balaban J connectivity index is 1.79. The van der Waals surface area contributed by atoms with Gasteiger partial charge in [0, 0.05) is 12.6 Å². The number of carbonyl (C=O) groups excluding carboxylic acids is 1. The van der Waals surface area contributed by atoms with E-state index < -0.39 is 6.10 Å². The van der Waals surface area contributed by atoms with E-state index in [0.717, 1.165) is 18.4 Å². The lowest BCUT2D eigenvalue weighted by molar-refractivity contribution is 0.0663. The largest absolute Gasteiger partial charge is 0.493 e. The lowest BCUT2D eigenvalue weighted by Crippen LogP contribution is -2.36. The Hall–Kier alpha value is -2.53. The van der Waals surface area contributed by atoms with Crippen molar-refractivity contribution >= 4 is 5.91 Å². The van der Waals surface area contributed by atoms with Crippen LogP contribution in [-0.2, 0) is 0 Å². The number of carbonyl (C=O) groups is 1. The van der Waals surface area contributed by atoms with Gasteiger partial charge in [0.15, 0.2) is 11.5 Å². The molecule has 0 radical (unpaired) electrons. The average molecular weight is 355 g/mol. The van der Waals surface area contributed by atoms with E-state index in [1.54, 1.807) is 25.3 Å². The summed E-state index contributed by atoms with van der Waals surface area (Å²) in [6.45, 7) is 0.686. The summed E-state index contributed by atoms with van der Waals surface area (Å²) in [4.78, 5) is 15.0. The lowest BCUT2D eigenvalue weighted by atomic mass is 10.00. The molecule has 0 bridgehead atoms. The lowest BCUT2D eigenvalue weighted by Gasteiger charge is -2.27. The molecule has 1 fully saturated rings. The maximum Gasteiger partial charge on any atom is 0.258 e. The first kappa shape index (κ1) is 18.3. The molecule has 1 N–H and O–H groups in total. The normalized spacial score (nSPS) is 17.8. The summed E-state index contributed by atoms with van der Waals surface area (Å²) in [6, 6.07) is 14.9. The molecule has 5 nitrogen and oxygen atoms in total. The first-order valence-electron chi connectivity index (χ1n) is 8.90. The number of hydrogen-bond donors (Lipinski definition) is 1. The van der Waals surface area contributed by atoms with Crippen LogP contribution in [0.4, 0.5) is 0 Å². The van der Waals surface area contributed by atoms with Crippen LogP contribution in [0.25, 0.3) is 0 Å². The Morgan fingerprint density at radius 1 is 1.15 bits per heavy atom. The van der Waals surface area contributed by atoms with E-state index in [-0.39, 0.29) is 11.9 Å². The van der Waals surface area contributed by atoms with E-state index in [2.05, 4.69) is 0 Å². The van der Waals surface area contributed by atoms with Crippen molar-refractivity contribution in [1.29, 1.82) is 0 Å². The number of rotatable bonds is 6. The highest BCUT2D eigenvalue weighted by molar-refractivity contribution is 5.98. The fraction of sp³-hybridized carbons (Fsp3) is 0.381. The summed E-state index contributed by atoms with van der Waals surface area (Å²) in [5.74, 6) is 0.913. The van der Waals surface area contributed by atoms with Gasteiger partial charge in [0.2, 0.25) is 0 Å². The van der Waals surface area contributed by atoms with Crippen molar-refractivity contribution in [2.75, 3.05) is 20.8 Å². The van der Waals surface area contributed by atoms with Crippen molar-refractivity contribution in [3.8, 4) is 11.5 Å². The van der Waals surface area contributed by atoms with Crippen LogP contribution >= 0.6 is 0 Å². The number of amides is 1. The van der Waals surface area contributed by atoms with Crippen LogP contribution < -0.4 is 9.47 Å². The molecule has 1 amide bonds. The highest BCUT2D eigenvalue weighted by atomic mass is 16.5. The fourth-order valence-electron chi connectivity index (χ4n) is 3.63. The topological polar surface area (TPSA) is 59.0 Å². The third-order valence-electron chi connectivity index (χ3n) is 4.95. The SMILES string of the molecule is COc1cccc(C(=O)N2CCCC2CC(O)c2ccccc2)c1OC. The number of ether oxygens (including phenoxy) is 2. The van der Waals surface area contributed by atoms with E-state index in [4.69, 9.17) is 9.47 Å². The van der Waals surface area contributed by atoms with Gasteiger partial charge in [-0.3, -0.25) is 4.79 Å². The number of para-hydroxylation sites is 1. The molecule has 0 aliphatic carbocycles. The predicted octanol–water partition coefficient (Wildman–Crippen LogP) is 3.43. The zero-order valence-corrected chi connectivity index (χ0v) is 15.2. The van der Waals surface area contributed by atoms with Gasteiger partial charge in [-0.05, 0) is 37.0 Å². The summed E-state index contributed by atoms with van der Waals surface area (Å²) in [5.41, 5.74) is 1.37. The molecular weight excluding hydrogens is 330 g/mol. The van der Waals surface area contributed by atoms with Crippen molar-refractivity contribution in [3.05, 3.63) is 59.7 Å². The van der Waals surface area contributed by atoms with Crippen LogP contribution in [0.2, 0.25) is 0 Å². The second-order valence-corrected chi connectivity index (χ2v) is 6.50. The highest BCUT2D eigenvalue weighted by Gasteiger charge is 2.33. The van der Waals surface area contributed by atoms with Gasteiger partial charge in [0.25, 0.3) is 5.91 Å². The number of benzene rings is 2. The first-order valence-corrected chi connectivity index (χ1v) is 8.90. The molecule has 0 aromatic heterocycles. The van der Waals surface area contributed by atoms with Crippen LogP contribution in [0.3, 0.4) is 0 Å². The third kappa shape index (κ3) is 3.68. The Morgan fingerprint density at radius 3 is 2.62 bits per heavy atom. The molecule has 2 aromatic carbocycles. The van der Waals surface area contributed by atoms with E-state index in [0.29, 0.717) is 30.0 Å². The Morgan fingerprint density at radius 2 is 1.92 bits per heavy atom. The Kier molecular flexibility index (Phi) is 5.78. The number of nitrogens with zero attached hydrogens (tertiary/aromatic N) is 1. The molecule has 1 saturated heterocycles. The molecule has 1 heterocycles. The number of aliphatic hydroxyl groups is 1. The van der Waals surface area contributed by atoms with Gasteiger partial charge in [0.1, 0.15) is 0 Å². The summed E-state index contributed by atoms with van der Waals surface area (Å²) in [6.07, 6.45) is 1.77. The molecule has 26 heavy (non-hydrogen) atoms. The second-order valence-electron chi connectivity index (χ2n) is 6.50. The number of aliphatic hydroxyl groups excluding tert-OH is 1. The molecule has 0 saturated carbocycles. The zero-order valence-electron chi connectivity index (χ0n) is 15.2. The summed E-state index contributed by atoms with van der Waals surface area (Å²) in [5, 5.41) is 10.6. The summed E-state index contributed by atoms with van der Waals surface area (Å²) < 4.78 is 10.7. The van der Waals surface area contributed by atoms with Crippen LogP contribution in [-0.4, -0.2) is 42.7 Å². The molecule has 3 rings (SSSR count). The molecular formula is C21H25NO4. The van der Waals surface area contributed by atoms with Gasteiger partial charge < -0.3 is 19.5 Å². The predicted molar refractivity (Wildman–Crippen MR) is 99.6 cm³/mol. The van der Waals surface area contributed by atoms with Gasteiger partial charge in [0.05, 0.1) is 25.9 Å². The van der Waals surface area contributed by atoms with Crippen molar-refractivity contribution in [1.82, 2.24) is 4.90 Å². The highest BCUT2D eigenvalue weighted by Crippen LogP contribution is 2.34. The van der Waals surface area contributed by atoms with Gasteiger partial charge in [-0.15, -0.1) is 0 Å². The van der Waals surface area contributed by atoms with Gasteiger partial charge in [-0.1, -0.05) is 36.4 Å².